The Kier molecular flexibility index (Phi) is 3.43. The molecule has 0 aliphatic rings. The molecule has 0 saturated heterocycles. The van der Waals surface area contributed by atoms with E-state index in [2.05, 4.69) is 0 Å². The van der Waals surface area contributed by atoms with E-state index in [-0.39, 0.29) is 11.1 Å². The molecule has 1 nitrogen and oxygen atoms in total. The van der Waals surface area contributed by atoms with E-state index < -0.39 is 17.7 Å². The zero-order chi connectivity index (χ0) is 13.3. The molecule has 2 N–H and O–H groups in total. The Morgan fingerprint density at radius 1 is 1.00 bits per heavy atom. The van der Waals surface area contributed by atoms with E-state index in [4.69, 9.17) is 5.73 Å². The van der Waals surface area contributed by atoms with Gasteiger partial charge in [-0.3, -0.25) is 0 Å². The Balaban J connectivity index is 2.46. The molecule has 0 fully saturated rings. The number of benzene rings is 2. The van der Waals surface area contributed by atoms with Gasteiger partial charge in [-0.1, -0.05) is 29.8 Å². The molecule has 0 amide bonds. The molecule has 0 aliphatic carbocycles. The lowest BCUT2D eigenvalue weighted by molar-refractivity contribution is 0.570. The van der Waals surface area contributed by atoms with Gasteiger partial charge in [-0.15, -0.1) is 0 Å². The van der Waals surface area contributed by atoms with Crippen molar-refractivity contribution >= 4 is 0 Å². The molecule has 0 saturated carbocycles. The predicted octanol–water partition coefficient (Wildman–Crippen LogP) is 3.63. The molecular formula is C15H15F2N. The van der Waals surface area contributed by atoms with Crippen LogP contribution >= 0.6 is 0 Å². The molecule has 0 heterocycles. The summed E-state index contributed by atoms with van der Waals surface area (Å²) < 4.78 is 27.3. The maximum Gasteiger partial charge on any atom is 0.128 e. The smallest absolute Gasteiger partial charge is 0.128 e. The standard InChI is InChI=1S/C15H15F2N/c1-9-4-3-5-11(6-9)15(18)12-8-13(16)10(2)7-14(12)17/h3-8,15H,18H2,1-2H3. The molecule has 2 aromatic carbocycles. The van der Waals surface area contributed by atoms with Gasteiger partial charge in [-0.2, -0.15) is 0 Å². The van der Waals surface area contributed by atoms with Crippen LogP contribution in [0.2, 0.25) is 0 Å². The SMILES string of the molecule is Cc1cccc(C(N)c2cc(F)c(C)cc2F)c1. The zero-order valence-corrected chi connectivity index (χ0v) is 10.4. The van der Waals surface area contributed by atoms with Gasteiger partial charge in [0, 0.05) is 5.56 Å². The van der Waals surface area contributed by atoms with Gasteiger partial charge >= 0.3 is 0 Å². The van der Waals surface area contributed by atoms with Gasteiger partial charge in [0.05, 0.1) is 6.04 Å². The topological polar surface area (TPSA) is 26.0 Å². The predicted molar refractivity (Wildman–Crippen MR) is 68.3 cm³/mol. The quantitative estimate of drug-likeness (QED) is 0.861. The summed E-state index contributed by atoms with van der Waals surface area (Å²) in [5, 5.41) is 0. The molecule has 0 radical (unpaired) electrons. The van der Waals surface area contributed by atoms with Gasteiger partial charge in [-0.05, 0) is 37.1 Å². The highest BCUT2D eigenvalue weighted by Gasteiger charge is 2.16. The van der Waals surface area contributed by atoms with E-state index >= 15 is 0 Å². The van der Waals surface area contributed by atoms with Crippen LogP contribution in [0.3, 0.4) is 0 Å². The third-order valence-corrected chi connectivity index (χ3v) is 3.01. The van der Waals surface area contributed by atoms with Crippen LogP contribution < -0.4 is 5.73 Å². The lowest BCUT2D eigenvalue weighted by Gasteiger charge is -2.15. The molecule has 3 heteroatoms. The molecule has 0 aromatic heterocycles. The normalized spacial score (nSPS) is 12.5. The maximum atomic E-state index is 13.8. The van der Waals surface area contributed by atoms with Gasteiger partial charge in [0.25, 0.3) is 0 Å². The molecule has 0 aliphatic heterocycles. The van der Waals surface area contributed by atoms with E-state index in [1.165, 1.54) is 19.1 Å². The van der Waals surface area contributed by atoms with Crippen molar-refractivity contribution in [1.29, 1.82) is 0 Å². The molecule has 1 unspecified atom stereocenters. The molecule has 18 heavy (non-hydrogen) atoms. The van der Waals surface area contributed by atoms with Crippen LogP contribution in [0.4, 0.5) is 8.78 Å². The lowest BCUT2D eigenvalue weighted by Crippen LogP contribution is -2.14. The number of rotatable bonds is 2. The van der Waals surface area contributed by atoms with Crippen molar-refractivity contribution in [2.24, 2.45) is 5.73 Å². The summed E-state index contributed by atoms with van der Waals surface area (Å²) in [7, 11) is 0. The Labute approximate surface area is 105 Å². The minimum atomic E-state index is -0.653. The highest BCUT2D eigenvalue weighted by atomic mass is 19.1. The number of aryl methyl sites for hydroxylation is 2. The number of nitrogens with two attached hydrogens (primary N) is 1. The first kappa shape index (κ1) is 12.7. The van der Waals surface area contributed by atoms with Crippen molar-refractivity contribution in [1.82, 2.24) is 0 Å². The number of hydrogen-bond donors (Lipinski definition) is 1. The van der Waals surface area contributed by atoms with E-state index in [0.29, 0.717) is 0 Å². The fraction of sp³-hybridized carbons (Fsp3) is 0.200. The second-order valence-electron chi connectivity index (χ2n) is 4.51. The van der Waals surface area contributed by atoms with Gasteiger partial charge in [0.2, 0.25) is 0 Å². The minimum absolute atomic E-state index is 0.184. The van der Waals surface area contributed by atoms with E-state index in [1.807, 2.05) is 31.2 Å². The van der Waals surface area contributed by atoms with Crippen molar-refractivity contribution in [2.45, 2.75) is 19.9 Å². The summed E-state index contributed by atoms with van der Waals surface area (Å²) in [6, 6.07) is 9.18. The Hall–Kier alpha value is -1.74. The van der Waals surface area contributed by atoms with Crippen LogP contribution in [0.1, 0.15) is 28.3 Å². The summed E-state index contributed by atoms with van der Waals surface area (Å²) in [6.45, 7) is 3.46. The van der Waals surface area contributed by atoms with Crippen molar-refractivity contribution in [3.63, 3.8) is 0 Å². The summed E-state index contributed by atoms with van der Waals surface area (Å²) in [6.07, 6.45) is 0. The average molecular weight is 247 g/mol. The zero-order valence-electron chi connectivity index (χ0n) is 10.4. The van der Waals surface area contributed by atoms with Gasteiger partial charge in [0.15, 0.2) is 0 Å². The first-order valence-electron chi connectivity index (χ1n) is 5.76. The van der Waals surface area contributed by atoms with Gasteiger partial charge in [0.1, 0.15) is 11.6 Å². The molecule has 2 rings (SSSR count). The van der Waals surface area contributed by atoms with E-state index in [1.54, 1.807) is 0 Å². The number of halogens is 2. The first-order valence-corrected chi connectivity index (χ1v) is 5.76. The first-order chi connectivity index (χ1) is 8.49. The Morgan fingerprint density at radius 3 is 2.39 bits per heavy atom. The highest BCUT2D eigenvalue weighted by Crippen LogP contribution is 2.25. The maximum absolute atomic E-state index is 13.8. The fourth-order valence-corrected chi connectivity index (χ4v) is 1.94. The summed E-state index contributed by atoms with van der Waals surface area (Å²) in [4.78, 5) is 0. The number of hydrogen-bond acceptors (Lipinski definition) is 1. The van der Waals surface area contributed by atoms with Crippen LogP contribution in [0.15, 0.2) is 36.4 Å². The molecule has 0 bridgehead atoms. The second kappa shape index (κ2) is 4.86. The molecule has 94 valence electrons. The summed E-state index contributed by atoms with van der Waals surface area (Å²) in [5.74, 6) is -0.905. The third kappa shape index (κ3) is 2.41. The van der Waals surface area contributed by atoms with Crippen molar-refractivity contribution in [2.75, 3.05) is 0 Å². The van der Waals surface area contributed by atoms with Crippen LogP contribution in [-0.4, -0.2) is 0 Å². The van der Waals surface area contributed by atoms with E-state index in [9.17, 15) is 8.78 Å². The van der Waals surface area contributed by atoms with E-state index in [0.717, 1.165) is 11.1 Å². The fourth-order valence-electron chi connectivity index (χ4n) is 1.94. The van der Waals surface area contributed by atoms with Crippen molar-refractivity contribution < 1.29 is 8.78 Å². The van der Waals surface area contributed by atoms with Gasteiger partial charge < -0.3 is 5.73 Å². The minimum Gasteiger partial charge on any atom is -0.320 e. The van der Waals surface area contributed by atoms with Crippen molar-refractivity contribution in [3.8, 4) is 0 Å². The lowest BCUT2D eigenvalue weighted by atomic mass is 9.97. The molecule has 1 atom stereocenters. The third-order valence-electron chi connectivity index (χ3n) is 3.01. The van der Waals surface area contributed by atoms with Gasteiger partial charge in [-0.25, -0.2) is 8.78 Å². The highest BCUT2D eigenvalue weighted by molar-refractivity contribution is 5.36. The van der Waals surface area contributed by atoms with Crippen LogP contribution in [-0.2, 0) is 0 Å². The van der Waals surface area contributed by atoms with Crippen molar-refractivity contribution in [3.05, 3.63) is 70.3 Å². The monoisotopic (exact) mass is 247 g/mol. The Bertz CT molecular complexity index is 579. The molecule has 0 spiro atoms. The van der Waals surface area contributed by atoms with Crippen LogP contribution in [0.5, 0.6) is 0 Å². The largest absolute Gasteiger partial charge is 0.320 e. The molecular weight excluding hydrogens is 232 g/mol. The summed E-state index contributed by atoms with van der Waals surface area (Å²) in [5.41, 5.74) is 8.28. The second-order valence-corrected chi connectivity index (χ2v) is 4.51. The summed E-state index contributed by atoms with van der Waals surface area (Å²) >= 11 is 0. The van der Waals surface area contributed by atoms with Crippen LogP contribution in [0, 0.1) is 25.5 Å². The Morgan fingerprint density at radius 2 is 1.72 bits per heavy atom. The average Bonchev–Trinajstić information content (AvgIpc) is 2.33. The van der Waals surface area contributed by atoms with Crippen LogP contribution in [0.25, 0.3) is 0 Å². The molecule has 2 aromatic rings.